The van der Waals surface area contributed by atoms with Gasteiger partial charge in [0, 0.05) is 37.9 Å². The molecule has 6 nitrogen and oxygen atoms in total. The molecule has 0 bridgehead atoms. The molecular formula is C31H40N6. The van der Waals surface area contributed by atoms with Crippen molar-refractivity contribution in [2.24, 2.45) is 5.92 Å². The monoisotopic (exact) mass is 496 g/mol. The minimum Gasteiger partial charge on any atom is -0.341 e. The number of pyridine rings is 1. The zero-order valence-corrected chi connectivity index (χ0v) is 23.2. The molecule has 37 heavy (non-hydrogen) atoms. The summed E-state index contributed by atoms with van der Waals surface area (Å²) in [5, 5.41) is 0. The van der Waals surface area contributed by atoms with Gasteiger partial charge in [-0.2, -0.15) is 4.98 Å². The Morgan fingerprint density at radius 2 is 1.73 bits per heavy atom. The van der Waals surface area contributed by atoms with Crippen LogP contribution in [-0.4, -0.2) is 37.6 Å². The summed E-state index contributed by atoms with van der Waals surface area (Å²) >= 11 is 0. The van der Waals surface area contributed by atoms with Crippen LogP contribution in [0.3, 0.4) is 0 Å². The molecule has 0 aliphatic carbocycles. The first-order chi connectivity index (χ1) is 17.7. The van der Waals surface area contributed by atoms with Crippen molar-refractivity contribution in [2.75, 3.05) is 18.0 Å². The average Bonchev–Trinajstić information content (AvgIpc) is 3.31. The number of piperidine rings is 1. The first-order valence-electron chi connectivity index (χ1n) is 13.7. The number of aryl methyl sites for hydroxylation is 1. The van der Waals surface area contributed by atoms with Crippen LogP contribution in [0.4, 0.5) is 5.95 Å². The van der Waals surface area contributed by atoms with Crippen molar-refractivity contribution < 1.29 is 0 Å². The molecule has 4 aromatic rings. The first-order valence-corrected chi connectivity index (χ1v) is 13.7. The molecule has 0 spiro atoms. The van der Waals surface area contributed by atoms with Gasteiger partial charge in [-0.25, -0.2) is 9.97 Å². The zero-order valence-electron chi connectivity index (χ0n) is 23.2. The number of rotatable bonds is 6. The van der Waals surface area contributed by atoms with Crippen molar-refractivity contribution in [3.8, 4) is 0 Å². The molecule has 0 radical (unpaired) electrons. The summed E-state index contributed by atoms with van der Waals surface area (Å²) in [6.07, 6.45) is 9.89. The SMILES string of the molecule is Cc1ccc(C(C)(C)C)cc1Cc1nc(N2CCC(Cc3ccncc3)CC2)nc2ncn(C(C)C)c12. The van der Waals surface area contributed by atoms with Crippen molar-refractivity contribution in [3.63, 3.8) is 0 Å². The zero-order chi connectivity index (χ0) is 26.2. The summed E-state index contributed by atoms with van der Waals surface area (Å²) in [6, 6.07) is 11.4. The normalized spacial score (nSPS) is 15.2. The number of hydrogen-bond donors (Lipinski definition) is 0. The van der Waals surface area contributed by atoms with Crippen LogP contribution >= 0.6 is 0 Å². The largest absolute Gasteiger partial charge is 0.341 e. The number of aromatic nitrogens is 5. The van der Waals surface area contributed by atoms with Gasteiger partial charge in [0.1, 0.15) is 5.52 Å². The maximum atomic E-state index is 5.22. The van der Waals surface area contributed by atoms with E-state index >= 15 is 0 Å². The van der Waals surface area contributed by atoms with Gasteiger partial charge in [0.25, 0.3) is 0 Å². The van der Waals surface area contributed by atoms with Crippen molar-refractivity contribution in [1.82, 2.24) is 24.5 Å². The van der Waals surface area contributed by atoms with Crippen LogP contribution in [0.1, 0.15) is 81.4 Å². The number of fused-ring (bicyclic) bond motifs is 1. The molecule has 6 heteroatoms. The first kappa shape index (κ1) is 25.4. The Labute approximate surface area is 221 Å². The third kappa shape index (κ3) is 5.53. The average molecular weight is 497 g/mol. The fourth-order valence-electron chi connectivity index (χ4n) is 5.36. The van der Waals surface area contributed by atoms with Crippen LogP contribution in [0.2, 0.25) is 0 Å². The molecule has 1 aliphatic rings. The van der Waals surface area contributed by atoms with Gasteiger partial charge < -0.3 is 9.47 Å². The minimum absolute atomic E-state index is 0.106. The Hall–Kier alpha value is -3.28. The van der Waals surface area contributed by atoms with Crippen LogP contribution in [0, 0.1) is 12.8 Å². The van der Waals surface area contributed by atoms with Crippen molar-refractivity contribution >= 4 is 17.1 Å². The van der Waals surface area contributed by atoms with E-state index in [9.17, 15) is 0 Å². The molecule has 4 heterocycles. The van der Waals surface area contributed by atoms with Crippen molar-refractivity contribution in [3.05, 3.63) is 77.0 Å². The van der Waals surface area contributed by atoms with Crippen LogP contribution in [0.25, 0.3) is 11.2 Å². The maximum absolute atomic E-state index is 5.22. The molecule has 1 aliphatic heterocycles. The molecule has 1 fully saturated rings. The number of nitrogens with zero attached hydrogens (tertiary/aromatic N) is 6. The molecule has 0 amide bonds. The third-order valence-corrected chi connectivity index (χ3v) is 7.79. The molecule has 0 atom stereocenters. The summed E-state index contributed by atoms with van der Waals surface area (Å²) in [6.45, 7) is 15.4. The molecule has 3 aromatic heterocycles. The third-order valence-electron chi connectivity index (χ3n) is 7.79. The highest BCUT2D eigenvalue weighted by Gasteiger charge is 2.24. The fourth-order valence-corrected chi connectivity index (χ4v) is 5.36. The highest BCUT2D eigenvalue weighted by molar-refractivity contribution is 5.76. The van der Waals surface area contributed by atoms with E-state index in [4.69, 9.17) is 15.0 Å². The van der Waals surface area contributed by atoms with E-state index in [1.807, 2.05) is 18.7 Å². The van der Waals surface area contributed by atoms with Gasteiger partial charge in [-0.3, -0.25) is 4.98 Å². The van der Waals surface area contributed by atoms with Crippen molar-refractivity contribution in [2.45, 2.75) is 78.7 Å². The number of benzene rings is 1. The van der Waals surface area contributed by atoms with Gasteiger partial charge in [0.2, 0.25) is 5.95 Å². The second kappa shape index (κ2) is 10.2. The van der Waals surface area contributed by atoms with Crippen LogP contribution in [0.15, 0.2) is 49.1 Å². The van der Waals surface area contributed by atoms with Crippen molar-refractivity contribution in [1.29, 1.82) is 0 Å². The van der Waals surface area contributed by atoms with Crippen LogP contribution in [0.5, 0.6) is 0 Å². The fraction of sp³-hybridized carbons (Fsp3) is 0.484. The second-order valence-corrected chi connectivity index (χ2v) is 11.9. The summed E-state index contributed by atoms with van der Waals surface area (Å²) in [5.74, 6) is 1.51. The van der Waals surface area contributed by atoms with Crippen LogP contribution < -0.4 is 4.90 Å². The van der Waals surface area contributed by atoms with Gasteiger partial charge in [0.05, 0.1) is 12.0 Å². The van der Waals surface area contributed by atoms with Gasteiger partial charge >= 0.3 is 0 Å². The Balaban J connectivity index is 1.45. The highest BCUT2D eigenvalue weighted by atomic mass is 15.3. The van der Waals surface area contributed by atoms with Gasteiger partial charge in [-0.15, -0.1) is 0 Å². The highest BCUT2D eigenvalue weighted by Crippen LogP contribution is 2.30. The predicted molar refractivity (Wildman–Crippen MR) is 151 cm³/mol. The standard InChI is InChI=1S/C31H40N6/c1-21(2)37-20-33-29-28(37)27(19-25-18-26(31(4,5)6)8-7-22(25)3)34-30(35-29)36-15-11-24(12-16-36)17-23-9-13-32-14-10-23/h7-10,13-14,18,20-21,24H,11-12,15-17,19H2,1-6H3. The smallest absolute Gasteiger partial charge is 0.227 e. The molecular weight excluding hydrogens is 456 g/mol. The van der Waals surface area contributed by atoms with Gasteiger partial charge in [-0.1, -0.05) is 39.0 Å². The second-order valence-electron chi connectivity index (χ2n) is 11.9. The maximum Gasteiger partial charge on any atom is 0.227 e. The van der Waals surface area contributed by atoms with E-state index < -0.39 is 0 Å². The van der Waals surface area contributed by atoms with E-state index in [2.05, 4.69) is 86.3 Å². The van der Waals surface area contributed by atoms with Crippen LogP contribution in [-0.2, 0) is 18.3 Å². The molecule has 5 rings (SSSR count). The molecule has 0 unspecified atom stereocenters. The molecule has 0 N–H and O–H groups in total. The number of imidazole rings is 1. The van der Waals surface area contributed by atoms with Gasteiger partial charge in [0.15, 0.2) is 5.65 Å². The topological polar surface area (TPSA) is 59.7 Å². The Morgan fingerprint density at radius 1 is 1.00 bits per heavy atom. The lowest BCUT2D eigenvalue weighted by Crippen LogP contribution is -2.35. The lowest BCUT2D eigenvalue weighted by atomic mass is 9.84. The minimum atomic E-state index is 0.106. The lowest BCUT2D eigenvalue weighted by Gasteiger charge is -2.32. The van der Waals surface area contributed by atoms with E-state index in [0.29, 0.717) is 12.0 Å². The Kier molecular flexibility index (Phi) is 7.02. The predicted octanol–water partition coefficient (Wildman–Crippen LogP) is 6.46. The van der Waals surface area contributed by atoms with E-state index in [0.717, 1.165) is 61.6 Å². The quantitative estimate of drug-likeness (QED) is 0.307. The molecule has 194 valence electrons. The van der Waals surface area contributed by atoms with E-state index in [1.54, 1.807) is 0 Å². The summed E-state index contributed by atoms with van der Waals surface area (Å²) < 4.78 is 2.22. The van der Waals surface area contributed by atoms with E-state index in [1.165, 1.54) is 22.3 Å². The summed E-state index contributed by atoms with van der Waals surface area (Å²) in [5.41, 5.74) is 8.39. The van der Waals surface area contributed by atoms with Gasteiger partial charge in [-0.05, 0) is 85.8 Å². The lowest BCUT2D eigenvalue weighted by molar-refractivity contribution is 0.400. The molecule has 1 aromatic carbocycles. The summed E-state index contributed by atoms with van der Waals surface area (Å²) in [4.78, 5) is 21.4. The molecule has 0 saturated carbocycles. The Morgan fingerprint density at radius 3 is 2.41 bits per heavy atom. The number of anilines is 1. The van der Waals surface area contributed by atoms with E-state index in [-0.39, 0.29) is 5.41 Å². The number of hydrogen-bond acceptors (Lipinski definition) is 5. The molecule has 1 saturated heterocycles. The summed E-state index contributed by atoms with van der Waals surface area (Å²) in [7, 11) is 0. The Bertz CT molecular complexity index is 1360.